The normalized spacial score (nSPS) is 22.0. The van der Waals surface area contributed by atoms with Crippen molar-refractivity contribution in [1.82, 2.24) is 10.2 Å². The standard InChI is InChI=1S/C9H12ClN3O/c1-2-7-4-8(12-11-7)13-5-6(10)3-9(13)14/h4,6H,2-3,5H2,1H3,(H,11,12). The third-order valence-corrected chi connectivity index (χ3v) is 2.64. The summed E-state index contributed by atoms with van der Waals surface area (Å²) in [7, 11) is 0. The average Bonchev–Trinajstić information content (AvgIpc) is 2.71. The van der Waals surface area contributed by atoms with Crippen LogP contribution < -0.4 is 4.90 Å². The van der Waals surface area contributed by atoms with Crippen LogP contribution in [0.15, 0.2) is 6.07 Å². The Bertz CT molecular complexity index is 350. The molecule has 0 aromatic carbocycles. The minimum absolute atomic E-state index is 0.0548. The molecule has 1 aromatic rings. The van der Waals surface area contributed by atoms with Gasteiger partial charge in [0.1, 0.15) is 0 Å². The van der Waals surface area contributed by atoms with Crippen LogP contribution in [0.2, 0.25) is 0 Å². The number of carbonyl (C=O) groups excluding carboxylic acids is 1. The lowest BCUT2D eigenvalue weighted by Crippen LogP contribution is -2.24. The molecule has 1 unspecified atom stereocenters. The van der Waals surface area contributed by atoms with Gasteiger partial charge in [0.05, 0.1) is 5.38 Å². The smallest absolute Gasteiger partial charge is 0.229 e. The second-order valence-electron chi connectivity index (χ2n) is 3.41. The van der Waals surface area contributed by atoms with Crippen LogP contribution in [0.4, 0.5) is 5.82 Å². The molecule has 5 heteroatoms. The minimum Gasteiger partial charge on any atom is -0.294 e. The summed E-state index contributed by atoms with van der Waals surface area (Å²) < 4.78 is 0. The van der Waals surface area contributed by atoms with Gasteiger partial charge in [0, 0.05) is 24.7 Å². The highest BCUT2D eigenvalue weighted by Crippen LogP contribution is 2.22. The number of halogens is 1. The van der Waals surface area contributed by atoms with Crippen molar-refractivity contribution in [3.8, 4) is 0 Å². The highest BCUT2D eigenvalue weighted by Gasteiger charge is 2.30. The van der Waals surface area contributed by atoms with Gasteiger partial charge in [0.25, 0.3) is 0 Å². The number of hydrogen-bond acceptors (Lipinski definition) is 2. The molecule has 1 fully saturated rings. The first-order valence-electron chi connectivity index (χ1n) is 4.69. The Morgan fingerprint density at radius 1 is 1.79 bits per heavy atom. The Labute approximate surface area is 87.2 Å². The lowest BCUT2D eigenvalue weighted by molar-refractivity contribution is -0.117. The Balaban J connectivity index is 2.18. The van der Waals surface area contributed by atoms with E-state index in [0.29, 0.717) is 18.8 Å². The summed E-state index contributed by atoms with van der Waals surface area (Å²) in [5, 5.41) is 6.88. The predicted molar refractivity (Wildman–Crippen MR) is 54.6 cm³/mol. The molecule has 1 aromatic heterocycles. The predicted octanol–water partition coefficient (Wildman–Crippen LogP) is 1.32. The second-order valence-corrected chi connectivity index (χ2v) is 4.03. The van der Waals surface area contributed by atoms with Crippen LogP contribution in [-0.4, -0.2) is 28.0 Å². The van der Waals surface area contributed by atoms with E-state index in [9.17, 15) is 4.79 Å². The zero-order chi connectivity index (χ0) is 10.1. The van der Waals surface area contributed by atoms with E-state index in [1.165, 1.54) is 0 Å². The molecule has 0 radical (unpaired) electrons. The highest BCUT2D eigenvalue weighted by atomic mass is 35.5. The minimum atomic E-state index is -0.0794. The van der Waals surface area contributed by atoms with E-state index >= 15 is 0 Å². The van der Waals surface area contributed by atoms with Crippen molar-refractivity contribution in [2.75, 3.05) is 11.4 Å². The van der Waals surface area contributed by atoms with Crippen molar-refractivity contribution >= 4 is 23.3 Å². The lowest BCUT2D eigenvalue weighted by atomic mass is 10.3. The van der Waals surface area contributed by atoms with E-state index in [-0.39, 0.29) is 11.3 Å². The number of rotatable bonds is 2. The van der Waals surface area contributed by atoms with E-state index in [4.69, 9.17) is 11.6 Å². The van der Waals surface area contributed by atoms with Crippen LogP contribution in [0.5, 0.6) is 0 Å². The van der Waals surface area contributed by atoms with Crippen molar-refractivity contribution in [2.24, 2.45) is 0 Å². The Kier molecular flexibility index (Phi) is 2.46. The quantitative estimate of drug-likeness (QED) is 0.754. The summed E-state index contributed by atoms with van der Waals surface area (Å²) in [5.41, 5.74) is 1.03. The largest absolute Gasteiger partial charge is 0.294 e. The van der Waals surface area contributed by atoms with Gasteiger partial charge in [0.15, 0.2) is 5.82 Å². The van der Waals surface area contributed by atoms with E-state index in [1.807, 2.05) is 13.0 Å². The summed E-state index contributed by atoms with van der Waals surface area (Å²) >= 11 is 5.89. The van der Waals surface area contributed by atoms with Crippen molar-refractivity contribution in [2.45, 2.75) is 25.1 Å². The van der Waals surface area contributed by atoms with Gasteiger partial charge in [-0.2, -0.15) is 5.10 Å². The topological polar surface area (TPSA) is 49.0 Å². The number of carbonyl (C=O) groups is 1. The molecule has 1 aliphatic heterocycles. The molecule has 76 valence electrons. The van der Waals surface area contributed by atoms with Crippen LogP contribution in [0, 0.1) is 0 Å². The lowest BCUT2D eigenvalue weighted by Gasteiger charge is -2.10. The first-order valence-corrected chi connectivity index (χ1v) is 5.13. The molecular formula is C9H12ClN3O. The molecule has 2 rings (SSSR count). The van der Waals surface area contributed by atoms with Gasteiger partial charge in [-0.3, -0.25) is 14.8 Å². The Morgan fingerprint density at radius 2 is 2.57 bits per heavy atom. The maximum atomic E-state index is 11.5. The number of aryl methyl sites for hydroxylation is 1. The van der Waals surface area contributed by atoms with Gasteiger partial charge < -0.3 is 0 Å². The second kappa shape index (κ2) is 3.61. The number of H-pyrrole nitrogens is 1. The summed E-state index contributed by atoms with van der Waals surface area (Å²) in [4.78, 5) is 13.1. The number of aromatic nitrogens is 2. The maximum Gasteiger partial charge on any atom is 0.229 e. The molecule has 0 saturated carbocycles. The Morgan fingerprint density at radius 3 is 3.07 bits per heavy atom. The van der Waals surface area contributed by atoms with Gasteiger partial charge in [0.2, 0.25) is 5.91 Å². The zero-order valence-corrected chi connectivity index (χ0v) is 8.71. The maximum absolute atomic E-state index is 11.5. The third kappa shape index (κ3) is 1.62. The van der Waals surface area contributed by atoms with E-state index in [0.717, 1.165) is 12.1 Å². The molecule has 1 atom stereocenters. The Hall–Kier alpha value is -1.03. The number of aromatic amines is 1. The SMILES string of the molecule is CCc1cc(N2CC(Cl)CC2=O)n[nH]1. The fourth-order valence-electron chi connectivity index (χ4n) is 1.55. The van der Waals surface area contributed by atoms with Crippen molar-refractivity contribution < 1.29 is 4.79 Å². The molecule has 14 heavy (non-hydrogen) atoms. The number of nitrogens with one attached hydrogen (secondary N) is 1. The van der Waals surface area contributed by atoms with Crippen LogP contribution in [0.1, 0.15) is 19.0 Å². The molecule has 1 amide bonds. The number of nitrogens with zero attached hydrogens (tertiary/aromatic N) is 2. The molecule has 0 bridgehead atoms. The fraction of sp³-hybridized carbons (Fsp3) is 0.556. The first kappa shape index (κ1) is 9.52. The monoisotopic (exact) mass is 213 g/mol. The van der Waals surface area contributed by atoms with Crippen molar-refractivity contribution in [3.05, 3.63) is 11.8 Å². The molecule has 4 nitrogen and oxygen atoms in total. The number of amides is 1. The summed E-state index contributed by atoms with van der Waals surface area (Å²) in [6.45, 7) is 2.60. The molecule has 1 N–H and O–H groups in total. The summed E-state index contributed by atoms with van der Waals surface area (Å²) in [5.74, 6) is 0.745. The molecule has 2 heterocycles. The molecular weight excluding hydrogens is 202 g/mol. The zero-order valence-electron chi connectivity index (χ0n) is 7.96. The first-order chi connectivity index (χ1) is 6.70. The van der Waals surface area contributed by atoms with Gasteiger partial charge in [-0.05, 0) is 6.42 Å². The highest BCUT2D eigenvalue weighted by molar-refractivity contribution is 6.24. The van der Waals surface area contributed by atoms with Gasteiger partial charge in [-0.1, -0.05) is 6.92 Å². The third-order valence-electron chi connectivity index (χ3n) is 2.35. The van der Waals surface area contributed by atoms with Crippen LogP contribution in [0.3, 0.4) is 0 Å². The summed E-state index contributed by atoms with van der Waals surface area (Å²) in [6.07, 6.45) is 1.30. The van der Waals surface area contributed by atoms with Crippen LogP contribution >= 0.6 is 11.6 Å². The fourth-order valence-corrected chi connectivity index (χ4v) is 1.82. The van der Waals surface area contributed by atoms with E-state index in [1.54, 1.807) is 4.90 Å². The summed E-state index contributed by atoms with van der Waals surface area (Å²) in [6, 6.07) is 1.90. The van der Waals surface area contributed by atoms with Crippen LogP contribution in [-0.2, 0) is 11.2 Å². The van der Waals surface area contributed by atoms with Gasteiger partial charge in [-0.25, -0.2) is 0 Å². The molecule has 0 aliphatic carbocycles. The van der Waals surface area contributed by atoms with E-state index in [2.05, 4.69) is 10.2 Å². The van der Waals surface area contributed by atoms with Crippen molar-refractivity contribution in [1.29, 1.82) is 0 Å². The van der Waals surface area contributed by atoms with Gasteiger partial charge in [-0.15, -0.1) is 11.6 Å². The molecule has 1 saturated heterocycles. The number of alkyl halides is 1. The van der Waals surface area contributed by atoms with Crippen molar-refractivity contribution in [3.63, 3.8) is 0 Å². The van der Waals surface area contributed by atoms with Crippen LogP contribution in [0.25, 0.3) is 0 Å². The molecule has 1 aliphatic rings. The average molecular weight is 214 g/mol. The molecule has 0 spiro atoms. The number of hydrogen-bond donors (Lipinski definition) is 1. The number of anilines is 1. The van der Waals surface area contributed by atoms with E-state index < -0.39 is 0 Å². The van der Waals surface area contributed by atoms with Gasteiger partial charge >= 0.3 is 0 Å².